The number of carbonyl (C=O) groups is 2. The lowest BCUT2D eigenvalue weighted by atomic mass is 9.97. The van der Waals surface area contributed by atoms with E-state index in [0.29, 0.717) is 29.9 Å². The number of halogens is 2. The van der Waals surface area contributed by atoms with E-state index >= 15 is 0 Å². The van der Waals surface area contributed by atoms with E-state index in [4.69, 9.17) is 45.1 Å². The number of benzene rings is 3. The SMILES string of the molecule is N=C(N)Nc1cc2c3c(c1)C(c1ccccc1)=N[C@@H](NC(=O)c1cc(Cl)c(N)c(Cl)c1)C(=O)N3CC2. The van der Waals surface area contributed by atoms with E-state index in [1.807, 2.05) is 36.4 Å². The molecule has 0 saturated carbocycles. The first kappa shape index (κ1) is 23.7. The molecule has 3 aromatic carbocycles. The Bertz CT molecular complexity index is 1430. The molecule has 2 aliphatic heterocycles. The van der Waals surface area contributed by atoms with Crippen molar-refractivity contribution in [2.75, 3.05) is 22.5 Å². The molecule has 0 unspecified atom stereocenters. The Morgan fingerprint density at radius 2 is 1.81 bits per heavy atom. The van der Waals surface area contributed by atoms with E-state index in [2.05, 4.69) is 10.6 Å². The molecule has 0 spiro atoms. The fourth-order valence-corrected chi connectivity index (χ4v) is 4.91. The van der Waals surface area contributed by atoms with E-state index in [1.54, 1.807) is 11.0 Å². The van der Waals surface area contributed by atoms with Crippen LogP contribution in [-0.4, -0.2) is 36.2 Å². The summed E-state index contributed by atoms with van der Waals surface area (Å²) < 4.78 is 0. The number of nitrogens with one attached hydrogen (secondary N) is 3. The number of hydrogen-bond donors (Lipinski definition) is 5. The molecule has 0 fully saturated rings. The highest BCUT2D eigenvalue weighted by Crippen LogP contribution is 2.38. The van der Waals surface area contributed by atoms with Gasteiger partial charge in [0.25, 0.3) is 11.8 Å². The molecule has 2 aliphatic rings. The molecular weight excluding hydrogens is 501 g/mol. The number of rotatable bonds is 4. The van der Waals surface area contributed by atoms with Gasteiger partial charge in [-0.3, -0.25) is 15.0 Å². The first-order valence-corrected chi connectivity index (χ1v) is 11.8. The normalized spacial score (nSPS) is 16.2. The molecular formula is C25H21Cl2N7O2. The average Bonchev–Trinajstić information content (AvgIpc) is 3.23. The molecule has 9 nitrogen and oxygen atoms in total. The number of nitrogens with zero attached hydrogens (tertiary/aromatic N) is 2. The maximum absolute atomic E-state index is 13.6. The van der Waals surface area contributed by atoms with Gasteiger partial charge >= 0.3 is 0 Å². The van der Waals surface area contributed by atoms with Crippen molar-refractivity contribution in [2.45, 2.75) is 12.6 Å². The van der Waals surface area contributed by atoms with Crippen molar-refractivity contribution in [1.82, 2.24) is 5.32 Å². The second-order valence-corrected chi connectivity index (χ2v) is 9.20. The molecule has 0 aliphatic carbocycles. The van der Waals surface area contributed by atoms with Crippen LogP contribution in [0.4, 0.5) is 17.1 Å². The lowest BCUT2D eigenvalue weighted by Gasteiger charge is -2.21. The van der Waals surface area contributed by atoms with E-state index in [0.717, 1.165) is 16.8 Å². The average molecular weight is 522 g/mol. The van der Waals surface area contributed by atoms with Gasteiger partial charge in [-0.1, -0.05) is 53.5 Å². The summed E-state index contributed by atoms with van der Waals surface area (Å²) in [5, 5.41) is 13.5. The van der Waals surface area contributed by atoms with Crippen LogP contribution in [-0.2, 0) is 11.2 Å². The zero-order valence-corrected chi connectivity index (χ0v) is 20.3. The topological polar surface area (TPSA) is 150 Å². The van der Waals surface area contributed by atoms with Gasteiger partial charge in [-0.15, -0.1) is 0 Å². The Balaban J connectivity index is 1.62. The van der Waals surface area contributed by atoms with E-state index in [1.165, 1.54) is 12.1 Å². The molecule has 11 heteroatoms. The predicted molar refractivity (Wildman–Crippen MR) is 142 cm³/mol. The summed E-state index contributed by atoms with van der Waals surface area (Å²) in [5.74, 6) is -1.14. The standard InChI is InChI=1S/C25H21Cl2N7O2/c26-17-9-14(10-18(27)19(17)28)23(35)33-22-24(36)34-7-6-13-8-15(31-25(29)30)11-16(21(13)34)20(32-22)12-4-2-1-3-5-12/h1-5,8-11,22H,6-7,28H2,(H,33,35)(H4,29,30,31)/t22-/m0/s1. The van der Waals surface area contributed by atoms with Crippen molar-refractivity contribution in [1.29, 1.82) is 5.41 Å². The molecule has 182 valence electrons. The highest BCUT2D eigenvalue weighted by molar-refractivity contribution is 6.39. The second kappa shape index (κ2) is 9.18. The smallest absolute Gasteiger partial charge is 0.272 e. The Morgan fingerprint density at radius 1 is 1.11 bits per heavy atom. The van der Waals surface area contributed by atoms with Crippen molar-refractivity contribution in [3.05, 3.63) is 86.9 Å². The van der Waals surface area contributed by atoms with Crippen LogP contribution in [0.2, 0.25) is 10.0 Å². The largest absolute Gasteiger partial charge is 0.396 e. The van der Waals surface area contributed by atoms with Crippen molar-refractivity contribution >= 4 is 63.7 Å². The number of amides is 2. The number of hydrogen-bond acceptors (Lipinski definition) is 5. The molecule has 7 N–H and O–H groups in total. The molecule has 0 saturated heterocycles. The molecule has 2 amide bonds. The molecule has 1 atom stereocenters. The summed E-state index contributed by atoms with van der Waals surface area (Å²) in [4.78, 5) is 33.1. The molecule has 0 aromatic heterocycles. The van der Waals surface area contributed by atoms with Crippen LogP contribution < -0.4 is 27.0 Å². The molecule has 5 rings (SSSR count). The number of nitrogen functional groups attached to an aromatic ring is 1. The lowest BCUT2D eigenvalue weighted by molar-refractivity contribution is -0.120. The number of guanidine groups is 1. The summed E-state index contributed by atoms with van der Waals surface area (Å²) in [6.45, 7) is 0.425. The van der Waals surface area contributed by atoms with Crippen LogP contribution in [0.3, 0.4) is 0 Å². The van der Waals surface area contributed by atoms with E-state index in [-0.39, 0.29) is 33.2 Å². The fraction of sp³-hybridized carbons (Fsp3) is 0.120. The maximum atomic E-state index is 13.6. The Morgan fingerprint density at radius 3 is 2.47 bits per heavy atom. The number of aliphatic imine (C=N–C) groups is 1. The molecule has 2 heterocycles. The maximum Gasteiger partial charge on any atom is 0.272 e. The van der Waals surface area contributed by atoms with Gasteiger partial charge in [-0.05, 0) is 36.2 Å². The van der Waals surface area contributed by atoms with Crippen molar-refractivity contribution in [3.63, 3.8) is 0 Å². The Hall–Kier alpha value is -4.08. The summed E-state index contributed by atoms with van der Waals surface area (Å²) in [6, 6.07) is 15.8. The number of nitrogens with two attached hydrogens (primary N) is 2. The van der Waals surface area contributed by atoms with Crippen LogP contribution in [0, 0.1) is 5.41 Å². The van der Waals surface area contributed by atoms with E-state index in [9.17, 15) is 9.59 Å². The predicted octanol–water partition coefficient (Wildman–Crippen LogP) is 3.38. The minimum atomic E-state index is -1.20. The Labute approximate surface area is 216 Å². The number of carbonyl (C=O) groups excluding carboxylic acids is 2. The van der Waals surface area contributed by atoms with Gasteiger partial charge < -0.3 is 27.0 Å². The van der Waals surface area contributed by atoms with Crippen LogP contribution in [0.1, 0.15) is 27.0 Å². The lowest BCUT2D eigenvalue weighted by Crippen LogP contribution is -2.47. The van der Waals surface area contributed by atoms with Gasteiger partial charge in [-0.25, -0.2) is 4.99 Å². The third-order valence-corrected chi connectivity index (χ3v) is 6.64. The van der Waals surface area contributed by atoms with Gasteiger partial charge in [0, 0.05) is 28.9 Å². The van der Waals surface area contributed by atoms with Gasteiger partial charge in [0.1, 0.15) is 0 Å². The minimum Gasteiger partial charge on any atom is -0.396 e. The molecule has 0 radical (unpaired) electrons. The van der Waals surface area contributed by atoms with Gasteiger partial charge in [0.05, 0.1) is 27.1 Å². The zero-order chi connectivity index (χ0) is 25.6. The highest BCUT2D eigenvalue weighted by Gasteiger charge is 2.37. The third kappa shape index (κ3) is 4.23. The van der Waals surface area contributed by atoms with Gasteiger partial charge in [0.2, 0.25) is 6.17 Å². The summed E-state index contributed by atoms with van der Waals surface area (Å²) in [5.41, 5.74) is 15.9. The zero-order valence-electron chi connectivity index (χ0n) is 18.8. The first-order valence-electron chi connectivity index (χ1n) is 11.0. The molecule has 3 aromatic rings. The summed E-state index contributed by atoms with van der Waals surface area (Å²) in [6.07, 6.45) is -0.599. The van der Waals surface area contributed by atoms with Gasteiger partial charge in [0.15, 0.2) is 5.96 Å². The van der Waals surface area contributed by atoms with Crippen LogP contribution >= 0.6 is 23.2 Å². The highest BCUT2D eigenvalue weighted by atomic mass is 35.5. The fourth-order valence-electron chi connectivity index (χ4n) is 4.42. The van der Waals surface area contributed by atoms with Crippen molar-refractivity contribution in [2.24, 2.45) is 10.7 Å². The van der Waals surface area contributed by atoms with E-state index < -0.39 is 12.1 Å². The van der Waals surface area contributed by atoms with Gasteiger partial charge in [-0.2, -0.15) is 0 Å². The van der Waals surface area contributed by atoms with Crippen LogP contribution in [0.15, 0.2) is 59.6 Å². The third-order valence-electron chi connectivity index (χ3n) is 6.01. The minimum absolute atomic E-state index is 0.135. The van der Waals surface area contributed by atoms with Crippen molar-refractivity contribution < 1.29 is 9.59 Å². The molecule has 36 heavy (non-hydrogen) atoms. The first-order chi connectivity index (χ1) is 17.2. The quantitative estimate of drug-likeness (QED) is 0.202. The Kier molecular flexibility index (Phi) is 6.03. The molecule has 0 bridgehead atoms. The van der Waals surface area contributed by atoms with Crippen LogP contribution in [0.25, 0.3) is 0 Å². The van der Waals surface area contributed by atoms with Crippen molar-refractivity contribution in [3.8, 4) is 0 Å². The summed E-state index contributed by atoms with van der Waals surface area (Å²) >= 11 is 12.2. The summed E-state index contributed by atoms with van der Waals surface area (Å²) in [7, 11) is 0. The number of anilines is 3. The second-order valence-electron chi connectivity index (χ2n) is 8.38. The van der Waals surface area contributed by atoms with Crippen LogP contribution in [0.5, 0.6) is 0 Å². The monoisotopic (exact) mass is 521 g/mol.